The van der Waals surface area contributed by atoms with Crippen LogP contribution >= 0.6 is 22.6 Å². The molecule has 0 saturated heterocycles. The number of benzene rings is 2. The summed E-state index contributed by atoms with van der Waals surface area (Å²) >= 11 is 2.27. The Balaban J connectivity index is 1.45. The fourth-order valence-electron chi connectivity index (χ4n) is 2.97. The Morgan fingerprint density at radius 3 is 2.73 bits per heavy atom. The smallest absolute Gasteiger partial charge is 0.311 e. The molecule has 0 aromatic heterocycles. The fraction of sp³-hybridized carbons (Fsp3) is 0.235. The third-order valence-electron chi connectivity index (χ3n) is 4.17. The number of carbonyl (C=O) groups is 1. The van der Waals surface area contributed by atoms with Crippen molar-refractivity contribution in [2.75, 3.05) is 0 Å². The standard InChI is InChI=1S/C17H13IO4/c18-10-3-1-9(2-4-10)8-21-11-5-6-12-13(7-11)22-16-14(12)15(16)17(19)20/h1-7,14-16H,8H2,(H,19,20). The molecular formula is C17H13IO4. The van der Waals surface area contributed by atoms with Crippen molar-refractivity contribution in [2.45, 2.75) is 18.6 Å². The molecule has 0 amide bonds. The van der Waals surface area contributed by atoms with Gasteiger partial charge in [-0.25, -0.2) is 0 Å². The van der Waals surface area contributed by atoms with E-state index in [9.17, 15) is 4.79 Å². The molecule has 0 spiro atoms. The molecule has 2 aromatic rings. The van der Waals surface area contributed by atoms with Crippen LogP contribution in [0.15, 0.2) is 42.5 Å². The number of rotatable bonds is 4. The first kappa shape index (κ1) is 13.9. The zero-order chi connectivity index (χ0) is 15.3. The van der Waals surface area contributed by atoms with Crippen molar-refractivity contribution in [3.8, 4) is 11.5 Å². The highest BCUT2D eigenvalue weighted by Crippen LogP contribution is 2.58. The van der Waals surface area contributed by atoms with E-state index in [-0.39, 0.29) is 17.9 Å². The van der Waals surface area contributed by atoms with Crippen molar-refractivity contribution in [2.24, 2.45) is 5.92 Å². The van der Waals surface area contributed by atoms with Gasteiger partial charge in [0.2, 0.25) is 0 Å². The lowest BCUT2D eigenvalue weighted by molar-refractivity contribution is -0.139. The van der Waals surface area contributed by atoms with E-state index in [0.29, 0.717) is 6.61 Å². The monoisotopic (exact) mass is 408 g/mol. The number of carboxylic acid groups (broad SMARTS) is 1. The lowest BCUT2D eigenvalue weighted by Gasteiger charge is -2.10. The van der Waals surface area contributed by atoms with E-state index in [0.717, 1.165) is 22.6 Å². The quantitative estimate of drug-likeness (QED) is 0.788. The minimum atomic E-state index is -0.778. The second kappa shape index (κ2) is 5.15. The van der Waals surface area contributed by atoms with Crippen LogP contribution in [0.5, 0.6) is 11.5 Å². The van der Waals surface area contributed by atoms with E-state index in [1.165, 1.54) is 3.57 Å². The van der Waals surface area contributed by atoms with Crippen LogP contribution < -0.4 is 9.47 Å². The summed E-state index contributed by atoms with van der Waals surface area (Å²) in [6.45, 7) is 0.500. The molecule has 5 heteroatoms. The van der Waals surface area contributed by atoms with E-state index in [2.05, 4.69) is 22.6 Å². The van der Waals surface area contributed by atoms with Gasteiger partial charge in [-0.05, 0) is 46.4 Å². The highest BCUT2D eigenvalue weighted by molar-refractivity contribution is 14.1. The summed E-state index contributed by atoms with van der Waals surface area (Å²) in [7, 11) is 0. The van der Waals surface area contributed by atoms with Gasteiger partial charge in [-0.15, -0.1) is 0 Å². The summed E-state index contributed by atoms with van der Waals surface area (Å²) in [5.74, 6) is 0.349. The van der Waals surface area contributed by atoms with Gasteiger partial charge in [-0.1, -0.05) is 18.2 Å². The molecule has 1 N–H and O–H groups in total. The highest BCUT2D eigenvalue weighted by atomic mass is 127. The van der Waals surface area contributed by atoms with Gasteiger partial charge in [0.25, 0.3) is 0 Å². The molecular weight excluding hydrogens is 395 g/mol. The van der Waals surface area contributed by atoms with Crippen LogP contribution in [-0.2, 0) is 11.4 Å². The van der Waals surface area contributed by atoms with Gasteiger partial charge in [-0.2, -0.15) is 0 Å². The summed E-state index contributed by atoms with van der Waals surface area (Å²) in [5.41, 5.74) is 2.09. The van der Waals surface area contributed by atoms with Crippen LogP contribution in [0.3, 0.4) is 0 Å². The highest BCUT2D eigenvalue weighted by Gasteiger charge is 2.63. The van der Waals surface area contributed by atoms with E-state index in [4.69, 9.17) is 14.6 Å². The Bertz CT molecular complexity index is 741. The molecule has 1 aliphatic carbocycles. The summed E-state index contributed by atoms with van der Waals surface area (Å²) in [6.07, 6.45) is -0.195. The number of aliphatic carboxylic acids is 1. The van der Waals surface area contributed by atoms with Gasteiger partial charge < -0.3 is 14.6 Å². The maximum atomic E-state index is 11.0. The minimum absolute atomic E-state index is 0.0118. The van der Waals surface area contributed by atoms with Gasteiger partial charge >= 0.3 is 5.97 Å². The van der Waals surface area contributed by atoms with Crippen molar-refractivity contribution in [1.82, 2.24) is 0 Å². The number of halogens is 1. The maximum absolute atomic E-state index is 11.0. The molecule has 2 aromatic carbocycles. The van der Waals surface area contributed by atoms with Crippen LogP contribution in [0.1, 0.15) is 17.0 Å². The van der Waals surface area contributed by atoms with Crippen molar-refractivity contribution in [3.63, 3.8) is 0 Å². The second-order valence-corrected chi connectivity index (χ2v) is 6.83. The van der Waals surface area contributed by atoms with Crippen LogP contribution in [0.4, 0.5) is 0 Å². The summed E-state index contributed by atoms with van der Waals surface area (Å²) < 4.78 is 12.7. The lowest BCUT2D eigenvalue weighted by atomic mass is 10.1. The zero-order valence-electron chi connectivity index (χ0n) is 11.5. The Hall–Kier alpha value is -1.76. The predicted molar refractivity (Wildman–Crippen MR) is 88.2 cm³/mol. The molecule has 3 unspecified atom stereocenters. The molecule has 1 saturated carbocycles. The molecule has 2 aliphatic rings. The van der Waals surface area contributed by atoms with Gasteiger partial charge in [0.05, 0.1) is 0 Å². The SMILES string of the molecule is O=C(O)C1C2Oc3cc(OCc4ccc(I)cc4)ccc3C21. The number of fused-ring (bicyclic) bond motifs is 3. The van der Waals surface area contributed by atoms with Crippen molar-refractivity contribution in [1.29, 1.82) is 0 Å². The Morgan fingerprint density at radius 2 is 2.00 bits per heavy atom. The Morgan fingerprint density at radius 1 is 1.23 bits per heavy atom. The third kappa shape index (κ3) is 2.33. The van der Waals surface area contributed by atoms with Gasteiger partial charge in [0.1, 0.15) is 30.1 Å². The molecule has 1 heterocycles. The van der Waals surface area contributed by atoms with Crippen molar-refractivity contribution < 1.29 is 19.4 Å². The Labute approximate surface area is 141 Å². The average Bonchev–Trinajstić information content (AvgIpc) is 3.10. The lowest BCUT2D eigenvalue weighted by Crippen LogP contribution is -2.08. The molecule has 4 rings (SSSR count). The molecule has 22 heavy (non-hydrogen) atoms. The van der Waals surface area contributed by atoms with Crippen molar-refractivity contribution in [3.05, 3.63) is 57.2 Å². The van der Waals surface area contributed by atoms with Gasteiger partial charge in [0.15, 0.2) is 0 Å². The van der Waals surface area contributed by atoms with Gasteiger partial charge in [-0.3, -0.25) is 4.79 Å². The molecule has 0 radical (unpaired) electrons. The normalized spacial score (nSPS) is 24.1. The fourth-order valence-corrected chi connectivity index (χ4v) is 3.33. The zero-order valence-corrected chi connectivity index (χ0v) is 13.7. The Kier molecular flexibility index (Phi) is 3.25. The number of hydrogen-bond acceptors (Lipinski definition) is 3. The molecule has 3 atom stereocenters. The molecule has 4 nitrogen and oxygen atoms in total. The van der Waals surface area contributed by atoms with Gasteiger partial charge in [0, 0.05) is 21.1 Å². The number of carboxylic acids is 1. The topological polar surface area (TPSA) is 55.8 Å². The first-order valence-corrected chi connectivity index (χ1v) is 8.12. The third-order valence-corrected chi connectivity index (χ3v) is 4.88. The molecule has 1 fully saturated rings. The first-order chi connectivity index (χ1) is 10.6. The molecule has 112 valence electrons. The largest absolute Gasteiger partial charge is 0.489 e. The van der Waals surface area contributed by atoms with E-state index in [1.54, 1.807) is 0 Å². The van der Waals surface area contributed by atoms with Crippen LogP contribution in [-0.4, -0.2) is 17.2 Å². The second-order valence-electron chi connectivity index (χ2n) is 5.59. The number of ether oxygens (including phenoxy) is 2. The first-order valence-electron chi connectivity index (χ1n) is 7.04. The molecule has 0 bridgehead atoms. The van der Waals surface area contributed by atoms with Crippen LogP contribution in [0.2, 0.25) is 0 Å². The summed E-state index contributed by atoms with van der Waals surface area (Å²) in [6, 6.07) is 13.8. The molecule has 1 aliphatic heterocycles. The average molecular weight is 408 g/mol. The van der Waals surface area contributed by atoms with Crippen LogP contribution in [0.25, 0.3) is 0 Å². The minimum Gasteiger partial charge on any atom is -0.489 e. The van der Waals surface area contributed by atoms with E-state index in [1.807, 2.05) is 42.5 Å². The predicted octanol–water partition coefficient (Wildman–Crippen LogP) is 3.43. The van der Waals surface area contributed by atoms with E-state index >= 15 is 0 Å². The number of hydrogen-bond donors (Lipinski definition) is 1. The maximum Gasteiger partial charge on any atom is 0.311 e. The van der Waals surface area contributed by atoms with E-state index < -0.39 is 5.97 Å². The summed E-state index contributed by atoms with van der Waals surface area (Å²) in [4.78, 5) is 11.0. The van der Waals surface area contributed by atoms with Crippen molar-refractivity contribution >= 4 is 28.6 Å². The summed E-state index contributed by atoms with van der Waals surface area (Å²) in [5, 5.41) is 9.06. The van der Waals surface area contributed by atoms with Crippen LogP contribution in [0, 0.1) is 9.49 Å².